The molecule has 0 saturated carbocycles. The molecule has 1 rings (SSSR count). The summed E-state index contributed by atoms with van der Waals surface area (Å²) in [6, 6.07) is 6.92. The summed E-state index contributed by atoms with van der Waals surface area (Å²) in [7, 11) is -1.96. The van der Waals surface area contributed by atoms with Gasteiger partial charge in [0.05, 0.1) is 11.4 Å². The Morgan fingerprint density at radius 1 is 1.44 bits per heavy atom. The number of hydrogen-bond donors (Lipinski definition) is 0. The Labute approximate surface area is 97.1 Å². The van der Waals surface area contributed by atoms with Crippen molar-refractivity contribution in [1.82, 2.24) is 4.31 Å². The third-order valence-electron chi connectivity index (χ3n) is 2.33. The Morgan fingerprint density at radius 3 is 2.69 bits per heavy atom. The van der Waals surface area contributed by atoms with Crippen LogP contribution in [0.2, 0.25) is 0 Å². The van der Waals surface area contributed by atoms with E-state index in [4.69, 9.17) is 6.42 Å². The summed E-state index contributed by atoms with van der Waals surface area (Å²) in [5.41, 5.74) is 0.996. The van der Waals surface area contributed by atoms with Gasteiger partial charge in [0.2, 0.25) is 10.0 Å². The van der Waals surface area contributed by atoms with Gasteiger partial charge in [0.25, 0.3) is 0 Å². The van der Waals surface area contributed by atoms with Gasteiger partial charge in [-0.25, -0.2) is 8.42 Å². The predicted molar refractivity (Wildman–Crippen MR) is 64.5 cm³/mol. The summed E-state index contributed by atoms with van der Waals surface area (Å²) < 4.78 is 25.2. The molecule has 0 aliphatic rings. The Kier molecular flexibility index (Phi) is 4.11. The molecule has 0 N–H and O–H groups in total. The fourth-order valence-corrected chi connectivity index (χ4v) is 2.47. The van der Waals surface area contributed by atoms with E-state index in [1.165, 1.54) is 11.4 Å². The summed E-state index contributed by atoms with van der Waals surface area (Å²) in [6.07, 6.45) is 5.91. The van der Waals surface area contributed by atoms with Crippen LogP contribution in [0.15, 0.2) is 29.2 Å². The van der Waals surface area contributed by atoms with Gasteiger partial charge >= 0.3 is 0 Å². The lowest BCUT2D eigenvalue weighted by molar-refractivity contribution is 0.503. The Balaban J connectivity index is 3.12. The first-order valence-electron chi connectivity index (χ1n) is 5.01. The minimum absolute atomic E-state index is 0.0820. The smallest absolute Gasteiger partial charge is 0.207 e. The minimum atomic E-state index is -3.44. The lowest BCUT2D eigenvalue weighted by atomic mass is 10.2. The van der Waals surface area contributed by atoms with Crippen molar-refractivity contribution in [3.05, 3.63) is 29.8 Å². The van der Waals surface area contributed by atoms with E-state index in [0.717, 1.165) is 12.0 Å². The van der Waals surface area contributed by atoms with E-state index in [1.807, 2.05) is 13.0 Å². The largest absolute Gasteiger partial charge is 0.243 e. The first-order valence-corrected chi connectivity index (χ1v) is 6.45. The van der Waals surface area contributed by atoms with Gasteiger partial charge < -0.3 is 0 Å². The molecule has 0 radical (unpaired) electrons. The molecule has 4 heteroatoms. The standard InChI is InChI=1S/C12H15NO2S/c1-4-9-13(3)16(14,15)12-8-6-7-11(5-2)10-12/h1,6-8,10H,5,9H2,2-3H3. The molecule has 0 fully saturated rings. The number of hydrogen-bond acceptors (Lipinski definition) is 2. The zero-order valence-electron chi connectivity index (χ0n) is 9.47. The third-order valence-corrected chi connectivity index (χ3v) is 4.13. The lowest BCUT2D eigenvalue weighted by Gasteiger charge is -2.14. The topological polar surface area (TPSA) is 37.4 Å². The second-order valence-electron chi connectivity index (χ2n) is 3.47. The number of aryl methyl sites for hydroxylation is 1. The van der Waals surface area contributed by atoms with E-state index < -0.39 is 10.0 Å². The lowest BCUT2D eigenvalue weighted by Crippen LogP contribution is -2.27. The summed E-state index contributed by atoms with van der Waals surface area (Å²) >= 11 is 0. The fourth-order valence-electron chi connectivity index (χ4n) is 1.32. The van der Waals surface area contributed by atoms with Crippen LogP contribution in [0.5, 0.6) is 0 Å². The molecule has 0 heterocycles. The van der Waals surface area contributed by atoms with Gasteiger partial charge in [0.15, 0.2) is 0 Å². The van der Waals surface area contributed by atoms with Gasteiger partial charge in [0, 0.05) is 7.05 Å². The maximum absolute atomic E-state index is 12.0. The molecule has 0 bridgehead atoms. The molecule has 0 aliphatic carbocycles. The van der Waals surface area contributed by atoms with E-state index in [1.54, 1.807) is 18.2 Å². The minimum Gasteiger partial charge on any atom is -0.207 e. The number of rotatable bonds is 4. The molecule has 0 spiro atoms. The molecule has 0 aliphatic heterocycles. The van der Waals surface area contributed by atoms with Crippen molar-refractivity contribution in [3.8, 4) is 12.3 Å². The van der Waals surface area contributed by atoms with Crippen molar-refractivity contribution in [2.75, 3.05) is 13.6 Å². The van der Waals surface area contributed by atoms with Crippen LogP contribution in [0.25, 0.3) is 0 Å². The average molecular weight is 237 g/mol. The van der Waals surface area contributed by atoms with Crippen LogP contribution in [-0.4, -0.2) is 26.3 Å². The Morgan fingerprint density at radius 2 is 2.12 bits per heavy atom. The molecule has 1 aromatic carbocycles. The maximum atomic E-state index is 12.0. The zero-order chi connectivity index (χ0) is 12.2. The van der Waals surface area contributed by atoms with E-state index in [2.05, 4.69) is 5.92 Å². The van der Waals surface area contributed by atoms with E-state index in [-0.39, 0.29) is 6.54 Å². The van der Waals surface area contributed by atoms with Crippen molar-refractivity contribution >= 4 is 10.0 Å². The molecule has 86 valence electrons. The molecule has 0 amide bonds. The number of terminal acetylenes is 1. The first kappa shape index (κ1) is 12.8. The average Bonchev–Trinajstić information content (AvgIpc) is 2.29. The normalized spacial score (nSPS) is 11.4. The highest BCUT2D eigenvalue weighted by Crippen LogP contribution is 2.15. The monoisotopic (exact) mass is 237 g/mol. The highest BCUT2D eigenvalue weighted by molar-refractivity contribution is 7.89. The molecule has 3 nitrogen and oxygen atoms in total. The maximum Gasteiger partial charge on any atom is 0.243 e. The molecule has 0 saturated heterocycles. The van der Waals surface area contributed by atoms with Crippen LogP contribution in [0.1, 0.15) is 12.5 Å². The third kappa shape index (κ3) is 2.63. The molecular weight excluding hydrogens is 222 g/mol. The van der Waals surface area contributed by atoms with Crippen LogP contribution in [-0.2, 0) is 16.4 Å². The number of nitrogens with zero attached hydrogens (tertiary/aromatic N) is 1. The Bertz CT molecular complexity index is 500. The first-order chi connectivity index (χ1) is 7.52. The van der Waals surface area contributed by atoms with E-state index in [0.29, 0.717) is 4.90 Å². The van der Waals surface area contributed by atoms with Crippen molar-refractivity contribution in [2.45, 2.75) is 18.2 Å². The second-order valence-corrected chi connectivity index (χ2v) is 5.51. The fraction of sp³-hybridized carbons (Fsp3) is 0.333. The SMILES string of the molecule is C#CCN(C)S(=O)(=O)c1cccc(CC)c1. The van der Waals surface area contributed by atoms with Crippen molar-refractivity contribution in [2.24, 2.45) is 0 Å². The quantitative estimate of drug-likeness (QED) is 0.744. The zero-order valence-corrected chi connectivity index (χ0v) is 10.3. The molecule has 0 unspecified atom stereocenters. The van der Waals surface area contributed by atoms with Crippen LogP contribution in [0.4, 0.5) is 0 Å². The molecule has 1 aromatic rings. The molecule has 0 atom stereocenters. The predicted octanol–water partition coefficient (Wildman–Crippen LogP) is 1.50. The Hall–Kier alpha value is -1.31. The highest BCUT2D eigenvalue weighted by Gasteiger charge is 2.19. The van der Waals surface area contributed by atoms with Gasteiger partial charge in [-0.05, 0) is 24.1 Å². The van der Waals surface area contributed by atoms with Gasteiger partial charge in [-0.1, -0.05) is 25.0 Å². The van der Waals surface area contributed by atoms with Gasteiger partial charge in [-0.3, -0.25) is 0 Å². The van der Waals surface area contributed by atoms with Gasteiger partial charge in [-0.2, -0.15) is 4.31 Å². The number of sulfonamides is 1. The second kappa shape index (κ2) is 5.15. The van der Waals surface area contributed by atoms with Gasteiger partial charge in [-0.15, -0.1) is 6.42 Å². The van der Waals surface area contributed by atoms with E-state index >= 15 is 0 Å². The summed E-state index contributed by atoms with van der Waals surface area (Å²) in [6.45, 7) is 2.07. The van der Waals surface area contributed by atoms with Gasteiger partial charge in [0.1, 0.15) is 0 Å². The molecule has 0 aromatic heterocycles. The van der Waals surface area contributed by atoms with Crippen molar-refractivity contribution in [3.63, 3.8) is 0 Å². The van der Waals surface area contributed by atoms with Crippen LogP contribution >= 0.6 is 0 Å². The molecule has 16 heavy (non-hydrogen) atoms. The van der Waals surface area contributed by atoms with Crippen LogP contribution in [0, 0.1) is 12.3 Å². The van der Waals surface area contributed by atoms with Crippen LogP contribution < -0.4 is 0 Å². The highest BCUT2D eigenvalue weighted by atomic mass is 32.2. The van der Waals surface area contributed by atoms with Crippen LogP contribution in [0.3, 0.4) is 0 Å². The summed E-state index contributed by atoms with van der Waals surface area (Å²) in [4.78, 5) is 0.296. The summed E-state index contributed by atoms with van der Waals surface area (Å²) in [5.74, 6) is 2.32. The molecular formula is C12H15NO2S. The van der Waals surface area contributed by atoms with Crippen molar-refractivity contribution < 1.29 is 8.42 Å². The van der Waals surface area contributed by atoms with Crippen molar-refractivity contribution in [1.29, 1.82) is 0 Å². The number of benzene rings is 1. The van der Waals surface area contributed by atoms with E-state index in [9.17, 15) is 8.42 Å². The summed E-state index contributed by atoms with van der Waals surface area (Å²) in [5, 5.41) is 0.